The molecule has 0 amide bonds. The molecule has 4 nitrogen and oxygen atoms in total. The first-order valence-electron chi connectivity index (χ1n) is 6.27. The number of furan rings is 1. The molecule has 0 N–H and O–H groups in total. The van der Waals surface area contributed by atoms with Gasteiger partial charge in [-0.05, 0) is 19.4 Å². The Labute approximate surface area is 107 Å². The van der Waals surface area contributed by atoms with Crippen molar-refractivity contribution in [3.05, 3.63) is 23.2 Å². The lowest BCUT2D eigenvalue weighted by atomic mass is 10.1. The van der Waals surface area contributed by atoms with Gasteiger partial charge in [0.15, 0.2) is 0 Å². The number of ether oxygens (including phenoxy) is 1. The molecule has 4 heteroatoms. The molecule has 0 unspecified atom stereocenters. The highest BCUT2D eigenvalue weighted by Gasteiger charge is 2.16. The first kappa shape index (κ1) is 14.5. The number of hydrogen-bond acceptors (Lipinski definition) is 4. The Morgan fingerprint density at radius 3 is 2.67 bits per heavy atom. The molecule has 0 aromatic carbocycles. The lowest BCUT2D eigenvalue weighted by Crippen LogP contribution is -2.02. The fraction of sp³-hybridized carbons (Fsp3) is 0.571. The van der Waals surface area contributed by atoms with Gasteiger partial charge >= 0.3 is 5.97 Å². The normalized spacial score (nSPS) is 10.4. The topological polar surface area (TPSA) is 56.5 Å². The minimum atomic E-state index is -0.430. The molecule has 100 valence electrons. The summed E-state index contributed by atoms with van der Waals surface area (Å²) in [5.41, 5.74) is 0.397. The van der Waals surface area contributed by atoms with Crippen LogP contribution < -0.4 is 0 Å². The molecule has 0 saturated carbocycles. The Hall–Kier alpha value is -1.58. The van der Waals surface area contributed by atoms with Crippen LogP contribution in [-0.4, -0.2) is 18.9 Å². The fourth-order valence-electron chi connectivity index (χ4n) is 1.80. The Balaban J connectivity index is 2.57. The average molecular weight is 252 g/mol. The number of aryl methyl sites for hydroxylation is 1. The Morgan fingerprint density at radius 2 is 2.06 bits per heavy atom. The molecule has 1 aromatic heterocycles. The first-order valence-corrected chi connectivity index (χ1v) is 6.27. The van der Waals surface area contributed by atoms with E-state index >= 15 is 0 Å². The molecule has 0 saturated heterocycles. The summed E-state index contributed by atoms with van der Waals surface area (Å²) < 4.78 is 10.0. The SMILES string of the molecule is CCCCCC(=O)Cc1cc(C(=O)OC)c(C)o1. The van der Waals surface area contributed by atoms with E-state index < -0.39 is 5.97 Å². The Bertz CT molecular complexity index is 417. The minimum absolute atomic E-state index is 0.147. The van der Waals surface area contributed by atoms with E-state index in [0.717, 1.165) is 19.3 Å². The van der Waals surface area contributed by atoms with Crippen molar-refractivity contribution in [2.75, 3.05) is 7.11 Å². The molecular weight excluding hydrogens is 232 g/mol. The van der Waals surface area contributed by atoms with Crippen molar-refractivity contribution >= 4 is 11.8 Å². The molecule has 0 atom stereocenters. The van der Waals surface area contributed by atoms with E-state index in [-0.39, 0.29) is 12.2 Å². The average Bonchev–Trinajstić information content (AvgIpc) is 2.69. The second-order valence-corrected chi connectivity index (χ2v) is 4.35. The third-order valence-electron chi connectivity index (χ3n) is 2.80. The largest absolute Gasteiger partial charge is 0.465 e. The molecule has 1 aromatic rings. The van der Waals surface area contributed by atoms with Gasteiger partial charge in [-0.1, -0.05) is 19.8 Å². The standard InChI is InChI=1S/C14H20O4/c1-4-5-6-7-11(15)8-12-9-13(10(2)18-12)14(16)17-3/h9H,4-8H2,1-3H3. The number of esters is 1. The monoisotopic (exact) mass is 252 g/mol. The summed E-state index contributed by atoms with van der Waals surface area (Å²) in [5, 5.41) is 0. The third-order valence-corrected chi connectivity index (χ3v) is 2.80. The van der Waals surface area contributed by atoms with Crippen molar-refractivity contribution in [2.45, 2.75) is 46.0 Å². The molecule has 0 aliphatic heterocycles. The van der Waals surface area contributed by atoms with Crippen LogP contribution in [0.1, 0.15) is 54.5 Å². The van der Waals surface area contributed by atoms with Crippen molar-refractivity contribution in [2.24, 2.45) is 0 Å². The number of Topliss-reactive ketones (excluding diaryl/α,β-unsaturated/α-hetero) is 1. The molecule has 0 radical (unpaired) electrons. The summed E-state index contributed by atoms with van der Waals surface area (Å²) >= 11 is 0. The predicted molar refractivity (Wildman–Crippen MR) is 67.6 cm³/mol. The highest BCUT2D eigenvalue weighted by Crippen LogP contribution is 2.17. The van der Waals surface area contributed by atoms with E-state index in [1.165, 1.54) is 7.11 Å². The van der Waals surface area contributed by atoms with Gasteiger partial charge in [-0.2, -0.15) is 0 Å². The van der Waals surface area contributed by atoms with Crippen LogP contribution in [0.5, 0.6) is 0 Å². The second-order valence-electron chi connectivity index (χ2n) is 4.35. The summed E-state index contributed by atoms with van der Waals surface area (Å²) in [6.45, 7) is 3.79. The van der Waals surface area contributed by atoms with Crippen molar-refractivity contribution in [1.82, 2.24) is 0 Å². The molecular formula is C14H20O4. The predicted octanol–water partition coefficient (Wildman–Crippen LogP) is 3.07. The fourth-order valence-corrected chi connectivity index (χ4v) is 1.80. The number of methoxy groups -OCH3 is 1. The van der Waals surface area contributed by atoms with E-state index in [4.69, 9.17) is 4.42 Å². The van der Waals surface area contributed by atoms with Crippen molar-refractivity contribution in [3.63, 3.8) is 0 Å². The summed E-state index contributed by atoms with van der Waals surface area (Å²) in [5.74, 6) is 0.752. The van der Waals surface area contributed by atoms with Crippen LogP contribution in [0.3, 0.4) is 0 Å². The van der Waals surface area contributed by atoms with Gasteiger partial charge in [-0.15, -0.1) is 0 Å². The summed E-state index contributed by atoms with van der Waals surface area (Å²) in [7, 11) is 1.32. The van der Waals surface area contributed by atoms with E-state index in [9.17, 15) is 9.59 Å². The van der Waals surface area contributed by atoms with Crippen LogP contribution in [0.25, 0.3) is 0 Å². The highest BCUT2D eigenvalue weighted by atomic mass is 16.5. The van der Waals surface area contributed by atoms with Crippen molar-refractivity contribution < 1.29 is 18.7 Å². The highest BCUT2D eigenvalue weighted by molar-refractivity contribution is 5.91. The van der Waals surface area contributed by atoms with Gasteiger partial charge in [0, 0.05) is 6.42 Å². The maximum atomic E-state index is 11.7. The number of rotatable bonds is 7. The van der Waals surface area contributed by atoms with Crippen LogP contribution in [0.4, 0.5) is 0 Å². The van der Waals surface area contributed by atoms with Gasteiger partial charge in [0.1, 0.15) is 22.9 Å². The molecule has 1 heterocycles. The van der Waals surface area contributed by atoms with Gasteiger partial charge in [-0.3, -0.25) is 4.79 Å². The molecule has 0 aliphatic carbocycles. The van der Waals surface area contributed by atoms with Gasteiger partial charge in [0.05, 0.1) is 13.5 Å². The van der Waals surface area contributed by atoms with Crippen LogP contribution in [0.2, 0.25) is 0 Å². The first-order chi connectivity index (χ1) is 8.58. The maximum absolute atomic E-state index is 11.7. The lowest BCUT2D eigenvalue weighted by Gasteiger charge is -1.97. The molecule has 0 bridgehead atoms. The van der Waals surface area contributed by atoms with Crippen LogP contribution in [0.15, 0.2) is 10.5 Å². The van der Waals surface area contributed by atoms with E-state index in [1.807, 2.05) is 0 Å². The quantitative estimate of drug-likeness (QED) is 0.552. The van der Waals surface area contributed by atoms with Gasteiger partial charge < -0.3 is 9.15 Å². The zero-order valence-corrected chi connectivity index (χ0v) is 11.2. The molecule has 18 heavy (non-hydrogen) atoms. The van der Waals surface area contributed by atoms with Crippen LogP contribution in [0, 0.1) is 6.92 Å². The van der Waals surface area contributed by atoms with Crippen LogP contribution in [-0.2, 0) is 16.0 Å². The molecule has 1 rings (SSSR count). The number of ketones is 1. The molecule has 0 fully saturated rings. The summed E-state index contributed by atoms with van der Waals surface area (Å²) in [6.07, 6.45) is 3.90. The third kappa shape index (κ3) is 4.02. The van der Waals surface area contributed by atoms with Gasteiger partial charge in [0.2, 0.25) is 0 Å². The van der Waals surface area contributed by atoms with Gasteiger partial charge in [0.25, 0.3) is 0 Å². The summed E-state index contributed by atoms with van der Waals surface area (Å²) in [4.78, 5) is 23.0. The number of unbranched alkanes of at least 4 members (excludes halogenated alkanes) is 2. The van der Waals surface area contributed by atoms with Crippen molar-refractivity contribution in [3.8, 4) is 0 Å². The smallest absolute Gasteiger partial charge is 0.341 e. The van der Waals surface area contributed by atoms with Crippen LogP contribution >= 0.6 is 0 Å². The Morgan fingerprint density at radius 1 is 1.33 bits per heavy atom. The van der Waals surface area contributed by atoms with E-state index in [0.29, 0.717) is 23.5 Å². The molecule has 0 spiro atoms. The number of hydrogen-bond donors (Lipinski definition) is 0. The van der Waals surface area contributed by atoms with E-state index in [2.05, 4.69) is 11.7 Å². The minimum Gasteiger partial charge on any atom is -0.465 e. The van der Waals surface area contributed by atoms with Crippen molar-refractivity contribution in [1.29, 1.82) is 0 Å². The van der Waals surface area contributed by atoms with E-state index in [1.54, 1.807) is 13.0 Å². The van der Waals surface area contributed by atoms with Gasteiger partial charge in [-0.25, -0.2) is 4.79 Å². The Kier molecular flexibility index (Phi) is 5.62. The molecule has 0 aliphatic rings. The second kappa shape index (κ2) is 6.99. The summed E-state index contributed by atoms with van der Waals surface area (Å²) in [6, 6.07) is 1.60. The maximum Gasteiger partial charge on any atom is 0.341 e. The number of carbonyl (C=O) groups is 2. The zero-order chi connectivity index (χ0) is 13.5. The lowest BCUT2D eigenvalue weighted by molar-refractivity contribution is -0.118. The number of carbonyl (C=O) groups excluding carboxylic acids is 2. The zero-order valence-electron chi connectivity index (χ0n) is 11.2.